The van der Waals surface area contributed by atoms with Gasteiger partial charge in [-0.2, -0.15) is 0 Å². The maximum absolute atomic E-state index is 5.30. The fourth-order valence-corrected chi connectivity index (χ4v) is 1.94. The number of ether oxygens (including phenoxy) is 1. The van der Waals surface area contributed by atoms with Crippen molar-refractivity contribution in [2.45, 2.75) is 13.3 Å². The van der Waals surface area contributed by atoms with E-state index in [0.717, 1.165) is 24.5 Å². The molecule has 0 aliphatic rings. The van der Waals surface area contributed by atoms with Crippen LogP contribution >= 0.6 is 11.3 Å². The van der Waals surface area contributed by atoms with Gasteiger partial charge in [-0.1, -0.05) is 0 Å². The van der Waals surface area contributed by atoms with Gasteiger partial charge in [-0.15, -0.1) is 11.3 Å². The third kappa shape index (κ3) is 3.67. The summed E-state index contributed by atoms with van der Waals surface area (Å²) < 4.78 is 5.30. The van der Waals surface area contributed by atoms with Crippen LogP contribution in [0.25, 0.3) is 0 Å². The Labute approximate surface area is 104 Å². The largest absolute Gasteiger partial charge is 0.478 e. The van der Waals surface area contributed by atoms with E-state index in [2.05, 4.69) is 20.3 Å². The molecule has 2 aromatic heterocycles. The second kappa shape index (κ2) is 6.15. The molecule has 17 heavy (non-hydrogen) atoms. The fraction of sp³-hybridized carbons (Fsp3) is 0.364. The van der Waals surface area contributed by atoms with Gasteiger partial charge in [0.15, 0.2) is 0 Å². The van der Waals surface area contributed by atoms with Crippen molar-refractivity contribution in [1.29, 1.82) is 0 Å². The Kier molecular flexibility index (Phi) is 4.26. The van der Waals surface area contributed by atoms with E-state index in [0.29, 0.717) is 12.5 Å². The molecule has 0 saturated heterocycles. The first-order chi connectivity index (χ1) is 8.38. The molecule has 0 radical (unpaired) electrons. The lowest BCUT2D eigenvalue weighted by atomic mass is 10.3. The van der Waals surface area contributed by atoms with Crippen molar-refractivity contribution in [3.05, 3.63) is 29.0 Å². The number of nitrogens with zero attached hydrogens (tertiary/aromatic N) is 3. The first kappa shape index (κ1) is 11.8. The number of rotatable bonds is 6. The van der Waals surface area contributed by atoms with Crippen LogP contribution in [0.4, 0.5) is 5.82 Å². The predicted molar refractivity (Wildman–Crippen MR) is 67.5 cm³/mol. The Hall–Kier alpha value is -1.69. The number of hydrogen-bond donors (Lipinski definition) is 1. The molecule has 0 aliphatic heterocycles. The summed E-state index contributed by atoms with van der Waals surface area (Å²) in [6.07, 6.45) is 2.38. The van der Waals surface area contributed by atoms with Gasteiger partial charge in [-0.05, 0) is 6.92 Å². The Morgan fingerprint density at radius 3 is 3.06 bits per heavy atom. The fourth-order valence-electron chi connectivity index (χ4n) is 1.34. The van der Waals surface area contributed by atoms with Crippen molar-refractivity contribution in [2.24, 2.45) is 0 Å². The molecule has 0 aliphatic carbocycles. The lowest BCUT2D eigenvalue weighted by molar-refractivity contribution is 0.326. The molecule has 0 spiro atoms. The van der Waals surface area contributed by atoms with Crippen molar-refractivity contribution >= 4 is 17.2 Å². The van der Waals surface area contributed by atoms with E-state index in [-0.39, 0.29) is 0 Å². The minimum atomic E-state index is 0.596. The molecule has 0 saturated carbocycles. The Bertz CT molecular complexity index is 446. The van der Waals surface area contributed by atoms with Crippen LogP contribution in [0.1, 0.15) is 12.6 Å². The summed E-state index contributed by atoms with van der Waals surface area (Å²) >= 11 is 1.61. The molecule has 2 heterocycles. The van der Waals surface area contributed by atoms with E-state index < -0.39 is 0 Å². The standard InChI is InChI=1S/C11H14N4OS/c1-2-16-11-5-10(13-7-14-11)12-4-3-9-6-17-8-15-9/h5-8H,2-4H2,1H3,(H,12,13,14). The normalized spacial score (nSPS) is 10.2. The summed E-state index contributed by atoms with van der Waals surface area (Å²) in [5, 5.41) is 5.26. The van der Waals surface area contributed by atoms with Gasteiger partial charge in [0.25, 0.3) is 0 Å². The second-order valence-corrected chi connectivity index (χ2v) is 4.05. The lowest BCUT2D eigenvalue weighted by Crippen LogP contribution is -2.07. The smallest absolute Gasteiger partial charge is 0.218 e. The van der Waals surface area contributed by atoms with E-state index in [1.807, 2.05) is 17.8 Å². The molecular formula is C11H14N4OS. The zero-order valence-electron chi connectivity index (χ0n) is 9.59. The van der Waals surface area contributed by atoms with Crippen molar-refractivity contribution in [1.82, 2.24) is 15.0 Å². The van der Waals surface area contributed by atoms with Crippen molar-refractivity contribution in [3.63, 3.8) is 0 Å². The summed E-state index contributed by atoms with van der Waals surface area (Å²) in [6, 6.07) is 1.80. The monoisotopic (exact) mass is 250 g/mol. The molecule has 90 valence electrons. The summed E-state index contributed by atoms with van der Waals surface area (Å²) in [6.45, 7) is 3.33. The molecule has 0 amide bonds. The number of anilines is 1. The Morgan fingerprint density at radius 1 is 1.35 bits per heavy atom. The average Bonchev–Trinajstić information content (AvgIpc) is 2.83. The highest BCUT2D eigenvalue weighted by atomic mass is 32.1. The highest BCUT2D eigenvalue weighted by Gasteiger charge is 1.99. The number of nitrogens with one attached hydrogen (secondary N) is 1. The average molecular weight is 250 g/mol. The van der Waals surface area contributed by atoms with Crippen LogP contribution in [0.3, 0.4) is 0 Å². The van der Waals surface area contributed by atoms with Gasteiger partial charge >= 0.3 is 0 Å². The minimum absolute atomic E-state index is 0.596. The third-order valence-corrected chi connectivity index (χ3v) is 2.74. The molecule has 0 bridgehead atoms. The number of thiazole rings is 1. The summed E-state index contributed by atoms with van der Waals surface area (Å²) in [5.74, 6) is 1.37. The van der Waals surface area contributed by atoms with Crippen molar-refractivity contribution in [2.75, 3.05) is 18.5 Å². The summed E-state index contributed by atoms with van der Waals surface area (Å²) in [4.78, 5) is 12.3. The van der Waals surface area contributed by atoms with Crippen LogP contribution in [0, 0.1) is 0 Å². The van der Waals surface area contributed by atoms with Gasteiger partial charge in [0, 0.05) is 24.4 Å². The zero-order chi connectivity index (χ0) is 11.9. The van der Waals surface area contributed by atoms with Crippen LogP contribution in [0.5, 0.6) is 5.88 Å². The van der Waals surface area contributed by atoms with E-state index >= 15 is 0 Å². The SMILES string of the molecule is CCOc1cc(NCCc2cscn2)ncn1. The van der Waals surface area contributed by atoms with Crippen LogP contribution in [-0.4, -0.2) is 28.1 Å². The molecule has 0 fully saturated rings. The molecule has 6 heteroatoms. The van der Waals surface area contributed by atoms with Crippen molar-refractivity contribution in [3.8, 4) is 5.88 Å². The molecule has 0 atom stereocenters. The highest BCUT2D eigenvalue weighted by molar-refractivity contribution is 7.07. The van der Waals surface area contributed by atoms with Gasteiger partial charge in [-0.25, -0.2) is 15.0 Å². The van der Waals surface area contributed by atoms with Crippen LogP contribution < -0.4 is 10.1 Å². The lowest BCUT2D eigenvalue weighted by Gasteiger charge is -2.06. The van der Waals surface area contributed by atoms with Crippen LogP contribution in [0.2, 0.25) is 0 Å². The maximum atomic E-state index is 5.30. The Balaban J connectivity index is 1.84. The molecule has 2 aromatic rings. The zero-order valence-corrected chi connectivity index (χ0v) is 10.4. The topological polar surface area (TPSA) is 59.9 Å². The molecule has 5 nitrogen and oxygen atoms in total. The van der Waals surface area contributed by atoms with Gasteiger partial charge in [0.1, 0.15) is 12.1 Å². The molecule has 2 rings (SSSR count). The van der Waals surface area contributed by atoms with Crippen LogP contribution in [0.15, 0.2) is 23.3 Å². The molecular weight excluding hydrogens is 236 g/mol. The van der Waals surface area contributed by atoms with Crippen molar-refractivity contribution < 1.29 is 4.74 Å². The minimum Gasteiger partial charge on any atom is -0.478 e. The highest BCUT2D eigenvalue weighted by Crippen LogP contribution is 2.11. The van der Waals surface area contributed by atoms with Gasteiger partial charge in [0.2, 0.25) is 5.88 Å². The number of aromatic nitrogens is 3. The molecule has 0 unspecified atom stereocenters. The van der Waals surface area contributed by atoms with Gasteiger partial charge in [0.05, 0.1) is 17.8 Å². The summed E-state index contributed by atoms with van der Waals surface area (Å²) in [5.41, 5.74) is 2.94. The first-order valence-electron chi connectivity index (χ1n) is 5.44. The predicted octanol–water partition coefficient (Wildman–Crippen LogP) is 1.99. The second-order valence-electron chi connectivity index (χ2n) is 3.33. The quantitative estimate of drug-likeness (QED) is 0.849. The van der Waals surface area contributed by atoms with Gasteiger partial charge in [-0.3, -0.25) is 0 Å². The van der Waals surface area contributed by atoms with Crippen LogP contribution in [-0.2, 0) is 6.42 Å². The van der Waals surface area contributed by atoms with E-state index in [1.54, 1.807) is 17.4 Å². The molecule has 0 aromatic carbocycles. The van der Waals surface area contributed by atoms with E-state index in [4.69, 9.17) is 4.74 Å². The summed E-state index contributed by atoms with van der Waals surface area (Å²) in [7, 11) is 0. The molecule has 1 N–H and O–H groups in total. The van der Waals surface area contributed by atoms with E-state index in [9.17, 15) is 0 Å². The Morgan fingerprint density at radius 2 is 2.29 bits per heavy atom. The number of hydrogen-bond acceptors (Lipinski definition) is 6. The maximum Gasteiger partial charge on any atom is 0.218 e. The van der Waals surface area contributed by atoms with Gasteiger partial charge < -0.3 is 10.1 Å². The first-order valence-corrected chi connectivity index (χ1v) is 6.38. The van der Waals surface area contributed by atoms with E-state index in [1.165, 1.54) is 6.33 Å². The third-order valence-electron chi connectivity index (χ3n) is 2.10.